The highest BCUT2D eigenvalue weighted by Gasteiger charge is 2.35. The predicted octanol–water partition coefficient (Wildman–Crippen LogP) is 6.59. The summed E-state index contributed by atoms with van der Waals surface area (Å²) in [6.07, 6.45) is -8.00. The smallest absolute Gasteiger partial charge is 0.417 e. The lowest BCUT2D eigenvalue weighted by Crippen LogP contribution is -2.13. The first kappa shape index (κ1) is 27.2. The average molecular weight is 549 g/mol. The van der Waals surface area contributed by atoms with Crippen LogP contribution in [0.1, 0.15) is 37.4 Å². The Morgan fingerprint density at radius 1 is 0.821 bits per heavy atom. The highest BCUT2D eigenvalue weighted by atomic mass is 19.4. The first-order valence-corrected chi connectivity index (χ1v) is 11.0. The van der Waals surface area contributed by atoms with Gasteiger partial charge in [-0.25, -0.2) is 14.3 Å². The molecular weight excluding hydrogens is 532 g/mol. The third kappa shape index (κ3) is 6.03. The molecule has 1 aromatic heterocycles. The summed E-state index contributed by atoms with van der Waals surface area (Å²) in [6, 6.07) is 12.4. The molecule has 0 amide bonds. The molecular formula is C26H17F6N3O4. The van der Waals surface area contributed by atoms with Crippen molar-refractivity contribution < 1.29 is 46.1 Å². The Bertz CT molecular complexity index is 1530. The van der Waals surface area contributed by atoms with Crippen molar-refractivity contribution in [3.63, 3.8) is 0 Å². The summed E-state index contributed by atoms with van der Waals surface area (Å²) in [5, 5.41) is 25.4. The Morgan fingerprint density at radius 2 is 1.46 bits per heavy atom. The van der Waals surface area contributed by atoms with E-state index in [1.807, 2.05) is 0 Å². The summed E-state index contributed by atoms with van der Waals surface area (Å²) in [6.45, 7) is -0.132. The lowest BCUT2D eigenvalue weighted by atomic mass is 10.0. The number of nitrogens with one attached hydrogen (secondary N) is 1. The largest absolute Gasteiger partial charge is 0.478 e. The molecule has 4 rings (SSSR count). The van der Waals surface area contributed by atoms with Crippen molar-refractivity contribution in [3.05, 3.63) is 101 Å². The van der Waals surface area contributed by atoms with Gasteiger partial charge in [-0.2, -0.15) is 31.4 Å². The Balaban J connectivity index is 1.71. The molecule has 0 unspecified atom stereocenters. The van der Waals surface area contributed by atoms with Gasteiger partial charge in [0.05, 0.1) is 33.6 Å². The Labute approximate surface area is 215 Å². The van der Waals surface area contributed by atoms with Gasteiger partial charge in [0, 0.05) is 29.6 Å². The predicted molar refractivity (Wildman–Crippen MR) is 127 cm³/mol. The number of benzene rings is 3. The first-order valence-electron chi connectivity index (χ1n) is 11.0. The van der Waals surface area contributed by atoms with Gasteiger partial charge in [0.2, 0.25) is 0 Å². The molecule has 1 heterocycles. The number of hydrogen-bond donors (Lipinski definition) is 3. The number of carboxylic acids is 2. The monoisotopic (exact) mass is 549 g/mol. The molecule has 13 heteroatoms. The zero-order chi connectivity index (χ0) is 28.5. The second-order valence-electron chi connectivity index (χ2n) is 8.29. The summed E-state index contributed by atoms with van der Waals surface area (Å²) in [4.78, 5) is 22.3. The van der Waals surface area contributed by atoms with Crippen LogP contribution < -0.4 is 5.32 Å². The fourth-order valence-corrected chi connectivity index (χ4v) is 3.76. The van der Waals surface area contributed by atoms with Gasteiger partial charge >= 0.3 is 24.3 Å². The molecule has 0 aliphatic heterocycles. The van der Waals surface area contributed by atoms with Crippen LogP contribution >= 0.6 is 0 Å². The molecule has 3 aromatic carbocycles. The van der Waals surface area contributed by atoms with Crippen LogP contribution in [0.15, 0.2) is 72.9 Å². The quantitative estimate of drug-likeness (QED) is 0.225. The molecule has 7 nitrogen and oxygen atoms in total. The Morgan fingerprint density at radius 3 is 2.00 bits per heavy atom. The number of aromatic carboxylic acids is 2. The minimum atomic E-state index is -4.93. The van der Waals surface area contributed by atoms with Gasteiger partial charge in [0.15, 0.2) is 0 Å². The molecule has 0 aliphatic rings. The van der Waals surface area contributed by atoms with Crippen LogP contribution in [0, 0.1) is 0 Å². The van der Waals surface area contributed by atoms with Crippen LogP contribution in [0.4, 0.5) is 32.0 Å². The molecule has 0 saturated heterocycles. The molecule has 0 aliphatic carbocycles. The molecule has 202 valence electrons. The van der Waals surface area contributed by atoms with Crippen LogP contribution in [-0.4, -0.2) is 31.9 Å². The molecule has 4 aromatic rings. The highest BCUT2D eigenvalue weighted by Crippen LogP contribution is 2.35. The van der Waals surface area contributed by atoms with Crippen molar-refractivity contribution in [2.24, 2.45) is 0 Å². The standard InChI is InChI=1S/C26H17F6N3O4/c27-25(28,29)17-5-1-14(2-6-17)22-16(13-35(34-22)19-8-3-15(4-9-19)23(36)37)12-33-18-7-10-20(24(38)39)21(11-18)26(30,31)32/h1-11,13,33H,12H2,(H,36,37)(H,38,39). The SMILES string of the molecule is O=C(O)c1ccc(-n2cc(CNc3ccc(C(=O)O)c(C(F)(F)F)c3)c(-c3ccc(C(F)(F)F)cc3)n2)cc1. The summed E-state index contributed by atoms with van der Waals surface area (Å²) in [5.41, 5.74) is -1.88. The van der Waals surface area contributed by atoms with Crippen LogP contribution in [0.2, 0.25) is 0 Å². The maximum Gasteiger partial charge on any atom is 0.417 e. The fraction of sp³-hybridized carbons (Fsp3) is 0.115. The number of anilines is 1. The van der Waals surface area contributed by atoms with Crippen molar-refractivity contribution >= 4 is 17.6 Å². The molecule has 39 heavy (non-hydrogen) atoms. The lowest BCUT2D eigenvalue weighted by molar-refractivity contribution is -0.138. The van der Waals surface area contributed by atoms with Crippen LogP contribution in [0.5, 0.6) is 0 Å². The van der Waals surface area contributed by atoms with E-state index in [1.54, 1.807) is 0 Å². The van der Waals surface area contributed by atoms with Crippen molar-refractivity contribution in [3.8, 4) is 16.9 Å². The van der Waals surface area contributed by atoms with Crippen LogP contribution in [-0.2, 0) is 18.9 Å². The molecule has 0 atom stereocenters. The third-order valence-corrected chi connectivity index (χ3v) is 5.69. The van der Waals surface area contributed by atoms with Gasteiger partial charge in [-0.3, -0.25) is 0 Å². The first-order chi connectivity index (χ1) is 18.2. The van der Waals surface area contributed by atoms with Gasteiger partial charge in [-0.15, -0.1) is 0 Å². The van der Waals surface area contributed by atoms with Crippen molar-refractivity contribution in [1.29, 1.82) is 0 Å². The van der Waals surface area contributed by atoms with Crippen LogP contribution in [0.25, 0.3) is 16.9 Å². The van der Waals surface area contributed by atoms with E-state index in [-0.39, 0.29) is 29.1 Å². The summed E-state index contributed by atoms with van der Waals surface area (Å²) in [7, 11) is 0. The minimum absolute atomic E-state index is 0.0148. The number of carboxylic acid groups (broad SMARTS) is 2. The molecule has 0 saturated carbocycles. The van der Waals surface area contributed by atoms with Crippen molar-refractivity contribution in [1.82, 2.24) is 9.78 Å². The minimum Gasteiger partial charge on any atom is -0.478 e. The van der Waals surface area contributed by atoms with E-state index in [0.717, 1.165) is 24.3 Å². The number of aromatic nitrogens is 2. The van der Waals surface area contributed by atoms with Crippen molar-refractivity contribution in [2.75, 3.05) is 5.32 Å². The number of halogens is 6. The molecule has 0 bridgehead atoms. The molecule has 0 spiro atoms. The molecule has 0 radical (unpaired) electrons. The maximum atomic E-state index is 13.4. The lowest BCUT2D eigenvalue weighted by Gasteiger charge is -2.13. The van der Waals surface area contributed by atoms with E-state index >= 15 is 0 Å². The molecule has 0 fully saturated rings. The van der Waals surface area contributed by atoms with E-state index in [9.17, 15) is 35.9 Å². The summed E-state index contributed by atoms with van der Waals surface area (Å²) in [5.74, 6) is -2.89. The number of carbonyl (C=O) groups is 2. The van der Waals surface area contributed by atoms with Gasteiger partial charge in [0.25, 0.3) is 0 Å². The third-order valence-electron chi connectivity index (χ3n) is 5.69. The van der Waals surface area contributed by atoms with E-state index in [2.05, 4.69) is 10.4 Å². The zero-order valence-electron chi connectivity index (χ0n) is 19.5. The van der Waals surface area contributed by atoms with E-state index in [1.165, 1.54) is 47.3 Å². The average Bonchev–Trinajstić information content (AvgIpc) is 3.30. The fourth-order valence-electron chi connectivity index (χ4n) is 3.76. The van der Waals surface area contributed by atoms with E-state index < -0.39 is 41.0 Å². The summed E-state index contributed by atoms with van der Waals surface area (Å²) >= 11 is 0. The second-order valence-corrected chi connectivity index (χ2v) is 8.29. The normalized spacial score (nSPS) is 11.8. The van der Waals surface area contributed by atoms with Crippen molar-refractivity contribution in [2.45, 2.75) is 18.9 Å². The highest BCUT2D eigenvalue weighted by molar-refractivity contribution is 5.90. The van der Waals surface area contributed by atoms with Gasteiger partial charge in [-0.1, -0.05) is 12.1 Å². The van der Waals surface area contributed by atoms with Crippen LogP contribution in [0.3, 0.4) is 0 Å². The number of rotatable bonds is 7. The maximum absolute atomic E-state index is 13.4. The summed E-state index contributed by atoms with van der Waals surface area (Å²) < 4.78 is 80.7. The number of nitrogens with zero attached hydrogens (tertiary/aromatic N) is 2. The van der Waals surface area contributed by atoms with E-state index in [4.69, 9.17) is 10.2 Å². The van der Waals surface area contributed by atoms with Gasteiger partial charge < -0.3 is 15.5 Å². The Kier molecular flexibility index (Phi) is 7.09. The second kappa shape index (κ2) is 10.2. The van der Waals surface area contributed by atoms with Gasteiger partial charge in [0.1, 0.15) is 0 Å². The number of hydrogen-bond acceptors (Lipinski definition) is 4. The Hall–Kier alpha value is -4.81. The zero-order valence-corrected chi connectivity index (χ0v) is 19.5. The number of alkyl halides is 6. The van der Waals surface area contributed by atoms with E-state index in [0.29, 0.717) is 17.3 Å². The molecule has 3 N–H and O–H groups in total. The topological polar surface area (TPSA) is 104 Å². The van der Waals surface area contributed by atoms with Gasteiger partial charge in [-0.05, 0) is 54.6 Å².